The molecule has 2 rings (SSSR count). The first-order chi connectivity index (χ1) is 6.29. The number of carbonyl (C=O) groups is 1. The fourth-order valence-corrected chi connectivity index (χ4v) is 1.39. The van der Waals surface area contributed by atoms with Crippen LogP contribution in [-0.2, 0) is 29.2 Å². The highest BCUT2D eigenvalue weighted by Crippen LogP contribution is 2.12. The number of hydrogen-bond donors (Lipinski definition) is 1. The number of rotatable bonds is 2. The lowest BCUT2D eigenvalue weighted by atomic mass is 10.3. The van der Waals surface area contributed by atoms with Crippen LogP contribution in [-0.4, -0.2) is 22.9 Å². The Balaban J connectivity index is 0.000000980. The lowest BCUT2D eigenvalue weighted by Crippen LogP contribution is -2.13. The third-order valence-electron chi connectivity index (χ3n) is 2.05. The number of ether oxygens (including phenoxy) is 1. The minimum Gasteiger partial charge on any atom is -0.468 e. The molecule has 0 saturated carbocycles. The largest absolute Gasteiger partial charge is 0.468 e. The molecule has 1 N–H and O–H groups in total. The van der Waals surface area contributed by atoms with Crippen molar-refractivity contribution < 1.29 is 9.53 Å². The molecule has 1 aromatic rings. The molecule has 1 aromatic heterocycles. The lowest BCUT2D eigenvalue weighted by molar-refractivity contribution is -0.141. The Morgan fingerprint density at radius 2 is 2.50 bits per heavy atom. The van der Waals surface area contributed by atoms with Crippen LogP contribution in [0.15, 0.2) is 6.20 Å². The molecule has 0 aliphatic carbocycles. The molecule has 0 aromatic carbocycles. The summed E-state index contributed by atoms with van der Waals surface area (Å²) in [6, 6.07) is 0. The molecule has 0 bridgehead atoms. The van der Waals surface area contributed by atoms with E-state index in [9.17, 15) is 4.79 Å². The molecule has 0 fully saturated rings. The molecule has 1 aliphatic rings. The first-order valence-electron chi connectivity index (χ1n) is 4.12. The highest BCUT2D eigenvalue weighted by Gasteiger charge is 2.15. The summed E-state index contributed by atoms with van der Waals surface area (Å²) in [4.78, 5) is 10.9. The summed E-state index contributed by atoms with van der Waals surface area (Å²) in [7, 11) is 1.38. The standard InChI is InChI=1S/C8H11N3O2.ClH/c1-13-8(12)5-11-4-6-2-9-3-7(6)10-11;/h4,9H,2-3,5H2,1H3;1H. The Morgan fingerprint density at radius 3 is 3.14 bits per heavy atom. The van der Waals surface area contributed by atoms with E-state index in [4.69, 9.17) is 0 Å². The maximum atomic E-state index is 10.9. The van der Waals surface area contributed by atoms with Crippen LogP contribution in [0.2, 0.25) is 0 Å². The van der Waals surface area contributed by atoms with Gasteiger partial charge in [-0.25, -0.2) is 0 Å². The van der Waals surface area contributed by atoms with Crippen LogP contribution in [0.25, 0.3) is 0 Å². The smallest absolute Gasteiger partial charge is 0.327 e. The first-order valence-corrected chi connectivity index (χ1v) is 4.12. The van der Waals surface area contributed by atoms with E-state index in [1.807, 2.05) is 6.20 Å². The summed E-state index contributed by atoms with van der Waals surface area (Å²) in [5.41, 5.74) is 2.20. The third-order valence-corrected chi connectivity index (χ3v) is 2.05. The van der Waals surface area contributed by atoms with E-state index < -0.39 is 0 Å². The van der Waals surface area contributed by atoms with Gasteiger partial charge in [-0.05, 0) is 0 Å². The van der Waals surface area contributed by atoms with Crippen molar-refractivity contribution in [1.29, 1.82) is 0 Å². The number of nitrogens with zero attached hydrogens (tertiary/aromatic N) is 2. The minimum atomic E-state index is -0.269. The Morgan fingerprint density at radius 1 is 1.71 bits per heavy atom. The zero-order valence-corrected chi connectivity index (χ0v) is 8.63. The maximum Gasteiger partial charge on any atom is 0.327 e. The van der Waals surface area contributed by atoms with E-state index >= 15 is 0 Å². The SMILES string of the molecule is COC(=O)Cn1cc2c(n1)CNC2.Cl. The van der Waals surface area contributed by atoms with Gasteiger partial charge in [0.1, 0.15) is 6.54 Å². The summed E-state index contributed by atoms with van der Waals surface area (Å²) in [5, 5.41) is 7.40. The fourth-order valence-electron chi connectivity index (χ4n) is 1.39. The lowest BCUT2D eigenvalue weighted by Gasteiger charge is -1.99. The van der Waals surface area contributed by atoms with E-state index in [1.165, 1.54) is 12.7 Å². The van der Waals surface area contributed by atoms with E-state index in [0.717, 1.165) is 18.8 Å². The van der Waals surface area contributed by atoms with E-state index in [-0.39, 0.29) is 24.9 Å². The van der Waals surface area contributed by atoms with Gasteiger partial charge in [0.25, 0.3) is 0 Å². The van der Waals surface area contributed by atoms with Crippen molar-refractivity contribution in [1.82, 2.24) is 15.1 Å². The molecule has 1 aliphatic heterocycles. The number of halogens is 1. The van der Waals surface area contributed by atoms with Crippen molar-refractivity contribution in [3.8, 4) is 0 Å². The summed E-state index contributed by atoms with van der Waals surface area (Å²) in [6.45, 7) is 1.84. The monoisotopic (exact) mass is 217 g/mol. The van der Waals surface area contributed by atoms with Crippen LogP contribution >= 0.6 is 12.4 Å². The average molecular weight is 218 g/mol. The molecule has 0 atom stereocenters. The predicted molar refractivity (Wildman–Crippen MR) is 52.0 cm³/mol. The predicted octanol–water partition coefficient (Wildman–Crippen LogP) is 0.0811. The van der Waals surface area contributed by atoms with Gasteiger partial charge in [-0.3, -0.25) is 9.48 Å². The van der Waals surface area contributed by atoms with E-state index in [1.54, 1.807) is 4.68 Å². The van der Waals surface area contributed by atoms with Crippen LogP contribution in [0, 0.1) is 0 Å². The van der Waals surface area contributed by atoms with Crippen molar-refractivity contribution in [2.24, 2.45) is 0 Å². The third kappa shape index (κ3) is 2.05. The van der Waals surface area contributed by atoms with Crippen molar-refractivity contribution in [3.63, 3.8) is 0 Å². The van der Waals surface area contributed by atoms with E-state index in [2.05, 4.69) is 15.2 Å². The number of methoxy groups -OCH3 is 1. The van der Waals surface area contributed by atoms with Gasteiger partial charge in [-0.2, -0.15) is 5.10 Å². The molecule has 0 amide bonds. The van der Waals surface area contributed by atoms with Crippen LogP contribution < -0.4 is 5.32 Å². The molecule has 5 nitrogen and oxygen atoms in total. The zero-order chi connectivity index (χ0) is 9.26. The van der Waals surface area contributed by atoms with Crippen LogP contribution in [0.1, 0.15) is 11.3 Å². The Kier molecular flexibility index (Phi) is 3.49. The highest BCUT2D eigenvalue weighted by molar-refractivity contribution is 5.85. The van der Waals surface area contributed by atoms with Gasteiger partial charge < -0.3 is 10.1 Å². The molecule has 0 saturated heterocycles. The van der Waals surface area contributed by atoms with Crippen molar-refractivity contribution in [2.75, 3.05) is 7.11 Å². The normalized spacial score (nSPS) is 13.2. The topological polar surface area (TPSA) is 56.2 Å². The summed E-state index contributed by atoms with van der Waals surface area (Å²) >= 11 is 0. The Bertz CT molecular complexity index is 316. The van der Waals surface area contributed by atoms with Crippen LogP contribution in [0.3, 0.4) is 0 Å². The molecule has 0 spiro atoms. The molecule has 0 unspecified atom stereocenters. The number of aromatic nitrogens is 2. The molecular formula is C8H12ClN3O2. The van der Waals surface area contributed by atoms with Gasteiger partial charge in [-0.15, -0.1) is 12.4 Å². The molecule has 0 radical (unpaired) electrons. The van der Waals surface area contributed by atoms with Gasteiger partial charge >= 0.3 is 5.97 Å². The van der Waals surface area contributed by atoms with Gasteiger partial charge in [-0.1, -0.05) is 0 Å². The summed E-state index contributed by atoms with van der Waals surface area (Å²) in [5.74, 6) is -0.269. The number of esters is 1. The highest BCUT2D eigenvalue weighted by atomic mass is 35.5. The second-order valence-electron chi connectivity index (χ2n) is 2.98. The van der Waals surface area contributed by atoms with Crippen molar-refractivity contribution in [2.45, 2.75) is 19.6 Å². The minimum absolute atomic E-state index is 0. The van der Waals surface area contributed by atoms with Crippen molar-refractivity contribution in [3.05, 3.63) is 17.5 Å². The molecule has 2 heterocycles. The maximum absolute atomic E-state index is 10.9. The molecule has 78 valence electrons. The number of nitrogens with one attached hydrogen (secondary N) is 1. The Hall–Kier alpha value is -1.07. The summed E-state index contributed by atoms with van der Waals surface area (Å²) < 4.78 is 6.16. The number of fused-ring (bicyclic) bond motifs is 1. The van der Waals surface area contributed by atoms with Gasteiger partial charge in [0.05, 0.1) is 12.8 Å². The zero-order valence-electron chi connectivity index (χ0n) is 7.82. The average Bonchev–Trinajstić information content (AvgIpc) is 2.63. The second kappa shape index (κ2) is 4.43. The number of carbonyl (C=O) groups excluding carboxylic acids is 1. The van der Waals surface area contributed by atoms with Gasteiger partial charge in [0, 0.05) is 24.8 Å². The molecular weight excluding hydrogens is 206 g/mol. The number of hydrogen-bond acceptors (Lipinski definition) is 4. The van der Waals surface area contributed by atoms with Crippen molar-refractivity contribution >= 4 is 18.4 Å². The quantitative estimate of drug-likeness (QED) is 0.713. The Labute approximate surface area is 87.8 Å². The van der Waals surface area contributed by atoms with Gasteiger partial charge in [0.2, 0.25) is 0 Å². The second-order valence-corrected chi connectivity index (χ2v) is 2.98. The van der Waals surface area contributed by atoms with E-state index in [0.29, 0.717) is 0 Å². The molecule has 14 heavy (non-hydrogen) atoms. The summed E-state index contributed by atoms with van der Waals surface area (Å²) in [6.07, 6.45) is 1.88. The molecule has 6 heteroatoms. The van der Waals surface area contributed by atoms with Crippen LogP contribution in [0.4, 0.5) is 0 Å². The fraction of sp³-hybridized carbons (Fsp3) is 0.500. The van der Waals surface area contributed by atoms with Crippen LogP contribution in [0.5, 0.6) is 0 Å². The van der Waals surface area contributed by atoms with Gasteiger partial charge in [0.15, 0.2) is 0 Å². The first kappa shape index (κ1) is 11.0.